The smallest absolute Gasteiger partial charge is 0.162 e. The Bertz CT molecular complexity index is 1150. The van der Waals surface area contributed by atoms with E-state index in [0.717, 1.165) is 35.5 Å². The number of nitrogens with one attached hydrogen (secondary N) is 1. The van der Waals surface area contributed by atoms with Gasteiger partial charge in [-0.05, 0) is 60.1 Å². The predicted molar refractivity (Wildman–Crippen MR) is 127 cm³/mol. The molecule has 3 aliphatic rings. The van der Waals surface area contributed by atoms with Gasteiger partial charge in [-0.3, -0.25) is 9.59 Å². The quantitative estimate of drug-likeness (QED) is 0.634. The summed E-state index contributed by atoms with van der Waals surface area (Å²) >= 11 is 0. The van der Waals surface area contributed by atoms with Gasteiger partial charge in [0.25, 0.3) is 0 Å². The largest absolute Gasteiger partial charge is 0.497 e. The summed E-state index contributed by atoms with van der Waals surface area (Å²) in [4.78, 5) is 26.8. The lowest BCUT2D eigenvalue weighted by Crippen LogP contribution is -2.42. The molecular formula is C28H31NO4. The molecule has 2 aliphatic carbocycles. The number of carbonyl (C=O) groups is 2. The maximum Gasteiger partial charge on any atom is 0.162 e. The van der Waals surface area contributed by atoms with Crippen LogP contribution >= 0.6 is 0 Å². The fourth-order valence-corrected chi connectivity index (χ4v) is 5.59. The van der Waals surface area contributed by atoms with Gasteiger partial charge in [-0.2, -0.15) is 0 Å². The van der Waals surface area contributed by atoms with Gasteiger partial charge in [0.2, 0.25) is 0 Å². The van der Waals surface area contributed by atoms with E-state index < -0.39 is 5.92 Å². The molecule has 33 heavy (non-hydrogen) atoms. The number of methoxy groups -OCH3 is 1. The fourth-order valence-electron chi connectivity index (χ4n) is 5.59. The standard InChI is InChI=1S/C28H31NO4/c1-27(2)12-18-24(20(30)14-27)26(25-19(29-18)13-28(3,4)15-21(25)31)23-11-10-22(33-23)16-6-8-17(32-5)9-7-16/h6-11,26,29H,12-15H2,1-5H3. The Hall–Kier alpha value is -3.08. The van der Waals surface area contributed by atoms with E-state index in [-0.39, 0.29) is 22.4 Å². The highest BCUT2D eigenvalue weighted by atomic mass is 16.5. The number of benzene rings is 1. The minimum Gasteiger partial charge on any atom is -0.497 e. The first-order chi connectivity index (χ1) is 15.6. The van der Waals surface area contributed by atoms with Gasteiger partial charge in [0.1, 0.15) is 17.3 Å². The minimum atomic E-state index is -0.449. The molecule has 0 fully saturated rings. The van der Waals surface area contributed by atoms with Crippen LogP contribution in [0.4, 0.5) is 0 Å². The molecule has 5 nitrogen and oxygen atoms in total. The number of dihydropyridines is 1. The van der Waals surface area contributed by atoms with Crippen LogP contribution in [0, 0.1) is 10.8 Å². The molecule has 0 bridgehead atoms. The van der Waals surface area contributed by atoms with Gasteiger partial charge in [-0.1, -0.05) is 27.7 Å². The molecule has 2 aromatic rings. The molecule has 5 heteroatoms. The molecule has 1 aromatic heterocycles. The van der Waals surface area contributed by atoms with Crippen molar-refractivity contribution in [2.24, 2.45) is 10.8 Å². The SMILES string of the molecule is COc1ccc(-c2ccc(C3C4=C(CC(C)(C)CC4=O)NC4=C3C(=O)CC(C)(C)C4)o2)cc1. The van der Waals surface area contributed by atoms with Crippen molar-refractivity contribution in [2.75, 3.05) is 7.11 Å². The molecule has 0 atom stereocenters. The highest BCUT2D eigenvalue weighted by Crippen LogP contribution is 2.51. The third kappa shape index (κ3) is 3.84. The van der Waals surface area contributed by atoms with Crippen molar-refractivity contribution in [1.29, 1.82) is 0 Å². The zero-order chi connectivity index (χ0) is 23.5. The van der Waals surface area contributed by atoms with Gasteiger partial charge in [-0.25, -0.2) is 0 Å². The molecule has 172 valence electrons. The Morgan fingerprint density at radius 3 is 1.88 bits per heavy atom. The van der Waals surface area contributed by atoms with Gasteiger partial charge in [0, 0.05) is 40.9 Å². The molecule has 1 aromatic carbocycles. The van der Waals surface area contributed by atoms with Crippen LogP contribution < -0.4 is 10.1 Å². The van der Waals surface area contributed by atoms with Crippen LogP contribution in [0.1, 0.15) is 65.1 Å². The Labute approximate surface area is 194 Å². The highest BCUT2D eigenvalue weighted by Gasteiger charge is 2.47. The molecule has 0 unspecified atom stereocenters. The second kappa shape index (κ2) is 7.47. The van der Waals surface area contributed by atoms with Crippen LogP contribution in [0.3, 0.4) is 0 Å². The maximum absolute atomic E-state index is 13.4. The summed E-state index contributed by atoms with van der Waals surface area (Å²) < 4.78 is 11.6. The van der Waals surface area contributed by atoms with Crippen molar-refractivity contribution in [3.05, 3.63) is 64.7 Å². The van der Waals surface area contributed by atoms with E-state index in [1.165, 1.54) is 0 Å². The molecule has 1 N–H and O–H groups in total. The number of furan rings is 1. The first kappa shape index (κ1) is 21.7. The van der Waals surface area contributed by atoms with Crippen molar-refractivity contribution in [3.8, 4) is 17.1 Å². The second-order valence-electron chi connectivity index (χ2n) is 11.2. The highest BCUT2D eigenvalue weighted by molar-refractivity contribution is 6.06. The number of hydrogen-bond donors (Lipinski definition) is 1. The van der Waals surface area contributed by atoms with Crippen LogP contribution in [-0.4, -0.2) is 18.7 Å². The van der Waals surface area contributed by atoms with E-state index in [0.29, 0.717) is 35.5 Å². The van der Waals surface area contributed by atoms with E-state index in [1.54, 1.807) is 7.11 Å². The zero-order valence-corrected chi connectivity index (χ0v) is 20.0. The lowest BCUT2D eigenvalue weighted by atomic mass is 9.65. The van der Waals surface area contributed by atoms with Crippen LogP contribution in [-0.2, 0) is 9.59 Å². The molecule has 0 radical (unpaired) electrons. The Balaban J connectivity index is 1.62. The monoisotopic (exact) mass is 445 g/mol. The summed E-state index contributed by atoms with van der Waals surface area (Å²) in [5, 5.41) is 3.54. The summed E-state index contributed by atoms with van der Waals surface area (Å²) in [5.41, 5.74) is 4.01. The average Bonchev–Trinajstić information content (AvgIpc) is 3.20. The molecular weight excluding hydrogens is 414 g/mol. The number of carbonyl (C=O) groups excluding carboxylic acids is 2. The summed E-state index contributed by atoms with van der Waals surface area (Å²) in [7, 11) is 1.64. The summed E-state index contributed by atoms with van der Waals surface area (Å²) in [6, 6.07) is 11.5. The fraction of sp³-hybridized carbons (Fsp3) is 0.429. The van der Waals surface area contributed by atoms with Crippen LogP contribution in [0.2, 0.25) is 0 Å². The van der Waals surface area contributed by atoms with Crippen LogP contribution in [0.15, 0.2) is 63.4 Å². The minimum absolute atomic E-state index is 0.102. The first-order valence-corrected chi connectivity index (χ1v) is 11.6. The van der Waals surface area contributed by atoms with E-state index in [4.69, 9.17) is 9.15 Å². The number of allylic oxidation sites excluding steroid dienone is 4. The van der Waals surface area contributed by atoms with Crippen LogP contribution in [0.5, 0.6) is 5.75 Å². The number of rotatable bonds is 3. The molecule has 1 aliphatic heterocycles. The third-order valence-corrected chi connectivity index (χ3v) is 7.00. The first-order valence-electron chi connectivity index (χ1n) is 11.6. The van der Waals surface area contributed by atoms with Gasteiger partial charge in [-0.15, -0.1) is 0 Å². The molecule has 0 spiro atoms. The molecule has 0 saturated heterocycles. The molecule has 2 heterocycles. The second-order valence-corrected chi connectivity index (χ2v) is 11.2. The van der Waals surface area contributed by atoms with Crippen molar-refractivity contribution in [3.63, 3.8) is 0 Å². The lowest BCUT2D eigenvalue weighted by Gasteiger charge is -2.43. The molecule has 5 rings (SSSR count). The van der Waals surface area contributed by atoms with Crippen molar-refractivity contribution in [2.45, 2.75) is 59.3 Å². The molecule has 0 amide bonds. The average molecular weight is 446 g/mol. The van der Waals surface area contributed by atoms with E-state index in [9.17, 15) is 9.59 Å². The van der Waals surface area contributed by atoms with Crippen molar-refractivity contribution in [1.82, 2.24) is 5.32 Å². The van der Waals surface area contributed by atoms with Crippen molar-refractivity contribution < 1.29 is 18.7 Å². The van der Waals surface area contributed by atoms with E-state index >= 15 is 0 Å². The Morgan fingerprint density at radius 1 is 0.818 bits per heavy atom. The predicted octanol–water partition coefficient (Wildman–Crippen LogP) is 5.93. The number of ketones is 2. The molecule has 0 saturated carbocycles. The summed E-state index contributed by atoms with van der Waals surface area (Å²) in [6.07, 6.45) is 2.50. The Morgan fingerprint density at radius 2 is 1.36 bits per heavy atom. The van der Waals surface area contributed by atoms with E-state index in [2.05, 4.69) is 33.0 Å². The van der Waals surface area contributed by atoms with Gasteiger partial charge >= 0.3 is 0 Å². The number of ether oxygens (including phenoxy) is 1. The normalized spacial score (nSPS) is 22.1. The van der Waals surface area contributed by atoms with Crippen molar-refractivity contribution >= 4 is 11.6 Å². The van der Waals surface area contributed by atoms with Crippen LogP contribution in [0.25, 0.3) is 11.3 Å². The lowest BCUT2D eigenvalue weighted by molar-refractivity contribution is -0.119. The number of hydrogen-bond acceptors (Lipinski definition) is 5. The third-order valence-electron chi connectivity index (χ3n) is 7.00. The van der Waals surface area contributed by atoms with Gasteiger partial charge in [0.05, 0.1) is 13.0 Å². The number of Topliss-reactive ketones (excluding diaryl/α,β-unsaturated/α-hetero) is 2. The topological polar surface area (TPSA) is 68.5 Å². The Kier molecular flexibility index (Phi) is 4.93. The van der Waals surface area contributed by atoms with Gasteiger partial charge in [0.15, 0.2) is 11.6 Å². The van der Waals surface area contributed by atoms with E-state index in [1.807, 2.05) is 36.4 Å². The maximum atomic E-state index is 13.4. The summed E-state index contributed by atoms with van der Waals surface area (Å²) in [5.74, 6) is 1.90. The zero-order valence-electron chi connectivity index (χ0n) is 20.0. The van der Waals surface area contributed by atoms with Gasteiger partial charge < -0.3 is 14.5 Å². The summed E-state index contributed by atoms with van der Waals surface area (Å²) in [6.45, 7) is 8.50.